The van der Waals surface area contributed by atoms with Crippen molar-refractivity contribution in [1.82, 2.24) is 9.97 Å². The van der Waals surface area contributed by atoms with Gasteiger partial charge in [-0.1, -0.05) is 37.6 Å². The average molecular weight is 306 g/mol. The fraction of sp³-hybridized carbons (Fsp3) is 0.267. The number of anilines is 1. The van der Waals surface area contributed by atoms with Crippen LogP contribution in [0.25, 0.3) is 0 Å². The third kappa shape index (κ3) is 3.77. The topological polar surface area (TPSA) is 75.1 Å². The van der Waals surface area contributed by atoms with Crippen molar-refractivity contribution in [3.63, 3.8) is 0 Å². The molecule has 1 amide bonds. The van der Waals surface area contributed by atoms with Crippen LogP contribution in [0, 0.1) is 0 Å². The van der Waals surface area contributed by atoms with Crippen LogP contribution in [-0.4, -0.2) is 21.0 Å². The van der Waals surface area contributed by atoms with Crippen molar-refractivity contribution < 1.29 is 9.90 Å². The van der Waals surface area contributed by atoms with Crippen LogP contribution in [-0.2, 0) is 6.61 Å². The summed E-state index contributed by atoms with van der Waals surface area (Å²) in [7, 11) is 0. The molecule has 0 aliphatic heterocycles. The van der Waals surface area contributed by atoms with Gasteiger partial charge in [0.25, 0.3) is 5.91 Å². The minimum Gasteiger partial charge on any atom is -0.392 e. The molecule has 0 unspecified atom stereocenters. The number of aliphatic hydroxyl groups is 1. The molecular weight excluding hydrogens is 290 g/mol. The fourth-order valence-electron chi connectivity index (χ4n) is 1.76. The van der Waals surface area contributed by atoms with Crippen molar-refractivity contribution in [2.24, 2.45) is 0 Å². The number of rotatable bonds is 4. The number of hydrogen-bond acceptors (Lipinski definition) is 4. The molecule has 1 heterocycles. The van der Waals surface area contributed by atoms with Gasteiger partial charge in [0.15, 0.2) is 5.69 Å². The highest BCUT2D eigenvalue weighted by atomic mass is 35.5. The smallest absolute Gasteiger partial charge is 0.275 e. The summed E-state index contributed by atoms with van der Waals surface area (Å²) in [6, 6.07) is 6.94. The molecule has 0 saturated heterocycles. The van der Waals surface area contributed by atoms with Gasteiger partial charge < -0.3 is 10.4 Å². The van der Waals surface area contributed by atoms with Gasteiger partial charge in [0, 0.05) is 11.6 Å². The summed E-state index contributed by atoms with van der Waals surface area (Å²) in [6.45, 7) is 3.79. The minimum atomic E-state index is -0.403. The Balaban J connectivity index is 2.25. The molecule has 0 saturated carbocycles. The SMILES string of the molecule is CC(C)c1ncc(Cl)c(C(=O)Nc2cccc(CO)c2)n1. The van der Waals surface area contributed by atoms with Gasteiger partial charge >= 0.3 is 0 Å². The Morgan fingerprint density at radius 2 is 2.19 bits per heavy atom. The highest BCUT2D eigenvalue weighted by Crippen LogP contribution is 2.18. The number of carbonyl (C=O) groups excluding carboxylic acids is 1. The summed E-state index contributed by atoms with van der Waals surface area (Å²) >= 11 is 5.99. The number of nitrogens with one attached hydrogen (secondary N) is 1. The van der Waals surface area contributed by atoms with Gasteiger partial charge in [-0.3, -0.25) is 4.79 Å². The van der Waals surface area contributed by atoms with Crippen molar-refractivity contribution >= 4 is 23.2 Å². The van der Waals surface area contributed by atoms with E-state index in [1.54, 1.807) is 24.3 Å². The Kier molecular flexibility index (Phi) is 4.88. The lowest BCUT2D eigenvalue weighted by Gasteiger charge is -2.09. The Morgan fingerprint density at radius 1 is 1.43 bits per heavy atom. The maximum absolute atomic E-state index is 12.3. The molecule has 2 aromatic rings. The van der Waals surface area contributed by atoms with Crippen molar-refractivity contribution in [3.8, 4) is 0 Å². The van der Waals surface area contributed by atoms with Crippen molar-refractivity contribution in [1.29, 1.82) is 0 Å². The molecule has 0 radical (unpaired) electrons. The van der Waals surface area contributed by atoms with Crippen molar-refractivity contribution in [2.45, 2.75) is 26.4 Å². The third-order valence-electron chi connectivity index (χ3n) is 2.86. The molecule has 1 aromatic carbocycles. The van der Waals surface area contributed by atoms with E-state index in [-0.39, 0.29) is 23.2 Å². The molecule has 0 aliphatic carbocycles. The number of carbonyl (C=O) groups is 1. The van der Waals surface area contributed by atoms with E-state index in [1.807, 2.05) is 13.8 Å². The molecule has 21 heavy (non-hydrogen) atoms. The van der Waals surface area contributed by atoms with Crippen LogP contribution in [0.5, 0.6) is 0 Å². The lowest BCUT2D eigenvalue weighted by Crippen LogP contribution is -2.16. The quantitative estimate of drug-likeness (QED) is 0.910. The highest BCUT2D eigenvalue weighted by molar-refractivity contribution is 6.33. The van der Waals surface area contributed by atoms with Gasteiger partial charge in [-0.15, -0.1) is 0 Å². The zero-order valence-corrected chi connectivity index (χ0v) is 12.6. The second-order valence-electron chi connectivity index (χ2n) is 4.89. The van der Waals surface area contributed by atoms with Gasteiger partial charge in [0.05, 0.1) is 17.8 Å². The number of hydrogen-bond donors (Lipinski definition) is 2. The molecule has 5 nitrogen and oxygen atoms in total. The van der Waals surface area contributed by atoms with E-state index >= 15 is 0 Å². The van der Waals surface area contributed by atoms with E-state index in [9.17, 15) is 4.79 Å². The van der Waals surface area contributed by atoms with Gasteiger partial charge in [-0.2, -0.15) is 0 Å². The van der Waals surface area contributed by atoms with E-state index in [1.165, 1.54) is 6.20 Å². The van der Waals surface area contributed by atoms with Crippen molar-refractivity contribution in [2.75, 3.05) is 5.32 Å². The molecule has 6 heteroatoms. The predicted octanol–water partition coefficient (Wildman–Crippen LogP) is 3.00. The summed E-state index contributed by atoms with van der Waals surface area (Å²) in [4.78, 5) is 20.6. The number of amides is 1. The number of aromatic nitrogens is 2. The van der Waals surface area contributed by atoms with E-state index in [2.05, 4.69) is 15.3 Å². The Labute approximate surface area is 128 Å². The summed E-state index contributed by atoms with van der Waals surface area (Å²) in [6.07, 6.45) is 1.43. The van der Waals surface area contributed by atoms with Gasteiger partial charge in [0.1, 0.15) is 5.82 Å². The van der Waals surface area contributed by atoms with E-state index in [0.717, 1.165) is 0 Å². The number of halogens is 1. The molecule has 0 aliphatic rings. The van der Waals surface area contributed by atoms with Crippen LogP contribution >= 0.6 is 11.6 Å². The Morgan fingerprint density at radius 3 is 2.86 bits per heavy atom. The molecule has 0 fully saturated rings. The summed E-state index contributed by atoms with van der Waals surface area (Å²) < 4.78 is 0. The fourth-order valence-corrected chi connectivity index (χ4v) is 1.93. The van der Waals surface area contributed by atoms with Gasteiger partial charge in [-0.25, -0.2) is 9.97 Å². The van der Waals surface area contributed by atoms with Crippen LogP contribution in [0.15, 0.2) is 30.5 Å². The van der Waals surface area contributed by atoms with Gasteiger partial charge in [-0.05, 0) is 17.7 Å². The van der Waals surface area contributed by atoms with Crippen LogP contribution < -0.4 is 5.32 Å². The van der Waals surface area contributed by atoms with E-state index < -0.39 is 5.91 Å². The molecule has 0 atom stereocenters. The predicted molar refractivity (Wildman–Crippen MR) is 81.4 cm³/mol. The summed E-state index contributed by atoms with van der Waals surface area (Å²) in [5, 5.41) is 12.0. The second-order valence-corrected chi connectivity index (χ2v) is 5.30. The maximum Gasteiger partial charge on any atom is 0.275 e. The monoisotopic (exact) mass is 305 g/mol. The number of aliphatic hydroxyl groups excluding tert-OH is 1. The average Bonchev–Trinajstić information content (AvgIpc) is 2.47. The normalized spacial score (nSPS) is 10.7. The Hall–Kier alpha value is -1.98. The second kappa shape index (κ2) is 6.65. The molecule has 2 N–H and O–H groups in total. The first-order chi connectivity index (χ1) is 10.0. The lowest BCUT2D eigenvalue weighted by atomic mass is 10.2. The maximum atomic E-state index is 12.3. The lowest BCUT2D eigenvalue weighted by molar-refractivity contribution is 0.102. The van der Waals surface area contributed by atoms with Gasteiger partial charge in [0.2, 0.25) is 0 Å². The number of benzene rings is 1. The molecule has 2 rings (SSSR count). The van der Waals surface area contributed by atoms with E-state index in [4.69, 9.17) is 16.7 Å². The first kappa shape index (κ1) is 15.4. The van der Waals surface area contributed by atoms with E-state index in [0.29, 0.717) is 17.1 Å². The first-order valence-electron chi connectivity index (χ1n) is 6.55. The van der Waals surface area contributed by atoms with Crippen LogP contribution in [0.1, 0.15) is 41.6 Å². The molecule has 0 bridgehead atoms. The van der Waals surface area contributed by atoms with Crippen LogP contribution in [0.2, 0.25) is 5.02 Å². The minimum absolute atomic E-state index is 0.0878. The Bertz CT molecular complexity index is 659. The zero-order valence-electron chi connectivity index (χ0n) is 11.8. The largest absolute Gasteiger partial charge is 0.392 e. The first-order valence-corrected chi connectivity index (χ1v) is 6.92. The molecule has 1 aromatic heterocycles. The highest BCUT2D eigenvalue weighted by Gasteiger charge is 2.15. The number of nitrogens with zero attached hydrogens (tertiary/aromatic N) is 2. The van der Waals surface area contributed by atoms with Crippen LogP contribution in [0.4, 0.5) is 5.69 Å². The van der Waals surface area contributed by atoms with Crippen LogP contribution in [0.3, 0.4) is 0 Å². The molecular formula is C15H16ClN3O2. The summed E-state index contributed by atoms with van der Waals surface area (Å²) in [5.41, 5.74) is 1.43. The van der Waals surface area contributed by atoms with Crippen molar-refractivity contribution in [3.05, 3.63) is 52.6 Å². The summed E-state index contributed by atoms with van der Waals surface area (Å²) in [5.74, 6) is 0.264. The molecule has 110 valence electrons. The standard InChI is InChI=1S/C15H16ClN3O2/c1-9(2)14-17-7-12(16)13(19-14)15(21)18-11-5-3-4-10(6-11)8-20/h3-7,9,20H,8H2,1-2H3,(H,18,21). The molecule has 0 spiro atoms. The zero-order chi connectivity index (χ0) is 15.4. The third-order valence-corrected chi connectivity index (χ3v) is 3.14.